The molecule has 6 nitrogen and oxygen atoms in total. The summed E-state index contributed by atoms with van der Waals surface area (Å²) in [5, 5.41) is 7.69. The maximum Gasteiger partial charge on any atom is 0.260 e. The average molecular weight is 424 g/mol. The molecule has 2 aliphatic rings. The number of aryl methyl sites for hydroxylation is 1. The number of benzene rings is 2. The van der Waals surface area contributed by atoms with Gasteiger partial charge in [0.1, 0.15) is 5.15 Å². The van der Waals surface area contributed by atoms with Crippen LogP contribution in [0.2, 0.25) is 5.15 Å². The zero-order valence-corrected chi connectivity index (χ0v) is 17.4. The first-order valence-electron chi connectivity index (χ1n) is 10.1. The van der Waals surface area contributed by atoms with Crippen LogP contribution in [0.5, 0.6) is 11.5 Å². The van der Waals surface area contributed by atoms with Crippen molar-refractivity contribution in [2.75, 3.05) is 5.32 Å². The van der Waals surface area contributed by atoms with E-state index in [2.05, 4.69) is 10.4 Å². The second-order valence-electron chi connectivity index (χ2n) is 7.83. The molecule has 1 fully saturated rings. The molecule has 1 N–H and O–H groups in total. The Morgan fingerprint density at radius 2 is 1.87 bits per heavy atom. The van der Waals surface area contributed by atoms with Gasteiger partial charge in [-0.2, -0.15) is 5.10 Å². The molecular weight excluding hydrogens is 402 g/mol. The summed E-state index contributed by atoms with van der Waals surface area (Å²) >= 11 is 6.51. The van der Waals surface area contributed by atoms with E-state index in [9.17, 15) is 4.79 Å². The molecule has 7 heteroatoms. The molecule has 154 valence electrons. The fourth-order valence-corrected chi connectivity index (χ4v) is 4.48. The Bertz CT molecular complexity index is 1100. The smallest absolute Gasteiger partial charge is 0.260 e. The van der Waals surface area contributed by atoms with Crippen molar-refractivity contribution in [1.29, 1.82) is 0 Å². The summed E-state index contributed by atoms with van der Waals surface area (Å²) in [5.41, 5.74) is 2.64. The van der Waals surface area contributed by atoms with Crippen molar-refractivity contribution in [2.24, 2.45) is 0 Å². The lowest BCUT2D eigenvalue weighted by Gasteiger charge is -2.21. The molecule has 5 rings (SSSR count). The molecule has 30 heavy (non-hydrogen) atoms. The molecule has 1 aliphatic heterocycles. The van der Waals surface area contributed by atoms with Gasteiger partial charge in [-0.1, -0.05) is 41.9 Å². The van der Waals surface area contributed by atoms with Crippen molar-refractivity contribution in [3.8, 4) is 11.5 Å². The monoisotopic (exact) mass is 423 g/mol. The number of carbonyl (C=O) groups excluding carboxylic acids is 1. The highest BCUT2D eigenvalue weighted by Crippen LogP contribution is 2.47. The number of carbonyl (C=O) groups is 1. The van der Waals surface area contributed by atoms with E-state index in [1.165, 1.54) is 0 Å². The molecule has 0 unspecified atom stereocenters. The van der Waals surface area contributed by atoms with Gasteiger partial charge in [0.05, 0.1) is 17.8 Å². The van der Waals surface area contributed by atoms with Crippen molar-refractivity contribution in [1.82, 2.24) is 9.78 Å². The second kappa shape index (κ2) is 7.36. The quantitative estimate of drug-likeness (QED) is 0.627. The van der Waals surface area contributed by atoms with Crippen LogP contribution < -0.4 is 14.8 Å². The third-order valence-corrected chi connectivity index (χ3v) is 6.01. The fraction of sp³-hybridized carbons (Fsp3) is 0.304. The minimum Gasteiger partial charge on any atom is -0.448 e. The van der Waals surface area contributed by atoms with E-state index in [0.717, 1.165) is 37.0 Å². The summed E-state index contributed by atoms with van der Waals surface area (Å²) < 4.78 is 13.8. The van der Waals surface area contributed by atoms with E-state index in [4.69, 9.17) is 21.1 Å². The van der Waals surface area contributed by atoms with Crippen molar-refractivity contribution in [3.05, 3.63) is 70.5 Å². The van der Waals surface area contributed by atoms with Gasteiger partial charge in [0, 0.05) is 24.6 Å². The van der Waals surface area contributed by atoms with Crippen molar-refractivity contribution >= 4 is 23.2 Å². The zero-order chi connectivity index (χ0) is 20.7. The molecule has 1 spiro atoms. The minimum atomic E-state index is -0.524. The third-order valence-electron chi connectivity index (χ3n) is 5.63. The van der Waals surface area contributed by atoms with Gasteiger partial charge in [0.2, 0.25) is 0 Å². The molecule has 2 aromatic carbocycles. The number of fused-ring (bicyclic) bond motifs is 1. The topological polar surface area (TPSA) is 65.4 Å². The predicted molar refractivity (Wildman–Crippen MR) is 114 cm³/mol. The van der Waals surface area contributed by atoms with Crippen LogP contribution >= 0.6 is 11.6 Å². The number of nitrogens with one attached hydrogen (secondary N) is 1. The van der Waals surface area contributed by atoms with Crippen LogP contribution in [0.1, 0.15) is 47.3 Å². The highest BCUT2D eigenvalue weighted by Gasteiger charge is 2.44. The van der Waals surface area contributed by atoms with E-state index in [0.29, 0.717) is 34.4 Å². The number of ether oxygens (including phenoxy) is 2. The van der Waals surface area contributed by atoms with Gasteiger partial charge in [0.15, 0.2) is 11.5 Å². The maximum atomic E-state index is 13.0. The molecule has 1 amide bonds. The van der Waals surface area contributed by atoms with E-state index >= 15 is 0 Å². The van der Waals surface area contributed by atoms with Crippen molar-refractivity contribution in [3.63, 3.8) is 0 Å². The molecular formula is C23H22ClN3O3. The molecule has 1 saturated carbocycles. The lowest BCUT2D eigenvalue weighted by molar-refractivity contribution is -0.0716. The molecule has 2 heterocycles. The summed E-state index contributed by atoms with van der Waals surface area (Å²) in [7, 11) is 0. The normalized spacial score (nSPS) is 16.2. The lowest BCUT2D eigenvalue weighted by Crippen LogP contribution is -2.34. The number of halogens is 1. The van der Waals surface area contributed by atoms with Crippen LogP contribution in [-0.2, 0) is 6.54 Å². The van der Waals surface area contributed by atoms with Crippen LogP contribution in [0.15, 0.2) is 48.5 Å². The minimum absolute atomic E-state index is 0.300. The SMILES string of the molecule is Cc1nn(Cc2ccccc2)c(Cl)c1C(=O)Nc1ccc2c(c1)OC1(CCCC1)O2. The number of amides is 1. The molecule has 0 radical (unpaired) electrons. The second-order valence-corrected chi connectivity index (χ2v) is 8.19. The van der Waals surface area contributed by atoms with Crippen molar-refractivity contribution < 1.29 is 14.3 Å². The van der Waals surface area contributed by atoms with E-state index < -0.39 is 5.79 Å². The number of nitrogens with zero attached hydrogens (tertiary/aromatic N) is 2. The Balaban J connectivity index is 1.34. The number of anilines is 1. The first-order chi connectivity index (χ1) is 14.5. The third kappa shape index (κ3) is 3.41. The largest absolute Gasteiger partial charge is 0.448 e. The molecule has 0 bridgehead atoms. The summed E-state index contributed by atoms with van der Waals surface area (Å²) in [6.07, 6.45) is 3.97. The van der Waals surface area contributed by atoms with E-state index in [1.807, 2.05) is 42.5 Å². The van der Waals surface area contributed by atoms with E-state index in [-0.39, 0.29) is 5.91 Å². The van der Waals surface area contributed by atoms with Gasteiger partial charge in [-0.3, -0.25) is 4.79 Å². The number of rotatable bonds is 4. The van der Waals surface area contributed by atoms with Crippen LogP contribution in [0.3, 0.4) is 0 Å². The number of aromatic nitrogens is 2. The van der Waals surface area contributed by atoms with Crippen LogP contribution in [0, 0.1) is 6.92 Å². The van der Waals surface area contributed by atoms with E-state index in [1.54, 1.807) is 17.7 Å². The van der Waals surface area contributed by atoms with Gasteiger partial charge in [-0.25, -0.2) is 4.68 Å². The molecule has 3 aromatic rings. The number of hydrogen-bond donors (Lipinski definition) is 1. The Hall–Kier alpha value is -2.99. The maximum absolute atomic E-state index is 13.0. The summed E-state index contributed by atoms with van der Waals surface area (Å²) in [6, 6.07) is 15.3. The summed E-state index contributed by atoms with van der Waals surface area (Å²) in [4.78, 5) is 13.0. The van der Waals surface area contributed by atoms with Crippen LogP contribution in [-0.4, -0.2) is 21.5 Å². The van der Waals surface area contributed by atoms with Gasteiger partial charge in [-0.15, -0.1) is 0 Å². The highest BCUT2D eigenvalue weighted by atomic mass is 35.5. The fourth-order valence-electron chi connectivity index (χ4n) is 4.16. The molecule has 1 aromatic heterocycles. The highest BCUT2D eigenvalue weighted by molar-refractivity contribution is 6.33. The van der Waals surface area contributed by atoms with Gasteiger partial charge in [-0.05, 0) is 37.5 Å². The van der Waals surface area contributed by atoms with Gasteiger partial charge in [0.25, 0.3) is 11.7 Å². The Labute approximate surface area is 179 Å². The summed E-state index contributed by atoms with van der Waals surface area (Å²) in [5.74, 6) is 0.562. The predicted octanol–water partition coefficient (Wildman–Crippen LogP) is 5.19. The lowest BCUT2D eigenvalue weighted by atomic mass is 10.2. The van der Waals surface area contributed by atoms with Crippen LogP contribution in [0.4, 0.5) is 5.69 Å². The molecule has 0 saturated heterocycles. The Kier molecular flexibility index (Phi) is 4.66. The first-order valence-corrected chi connectivity index (χ1v) is 10.5. The Morgan fingerprint density at radius 3 is 2.63 bits per heavy atom. The van der Waals surface area contributed by atoms with Gasteiger partial charge < -0.3 is 14.8 Å². The first kappa shape index (κ1) is 19.0. The number of hydrogen-bond acceptors (Lipinski definition) is 4. The average Bonchev–Trinajstić information content (AvgIpc) is 3.40. The molecule has 0 atom stereocenters. The van der Waals surface area contributed by atoms with Crippen LogP contribution in [0.25, 0.3) is 0 Å². The molecule has 1 aliphatic carbocycles. The van der Waals surface area contributed by atoms with Crippen molar-refractivity contribution in [2.45, 2.75) is 44.9 Å². The van der Waals surface area contributed by atoms with Gasteiger partial charge >= 0.3 is 0 Å². The Morgan fingerprint density at radius 1 is 1.13 bits per heavy atom. The standard InChI is InChI=1S/C23H22ClN3O3/c1-15-20(21(24)27(26-15)14-16-7-3-2-4-8-16)22(28)25-17-9-10-18-19(13-17)30-23(29-18)11-5-6-12-23/h2-4,7-10,13H,5-6,11-12,14H2,1H3,(H,25,28). The zero-order valence-electron chi connectivity index (χ0n) is 16.7. The summed E-state index contributed by atoms with van der Waals surface area (Å²) in [6.45, 7) is 2.28.